The Hall–Kier alpha value is -2.57. The van der Waals surface area contributed by atoms with Crippen LogP contribution in [0.3, 0.4) is 0 Å². The highest BCUT2D eigenvalue weighted by Crippen LogP contribution is 2.33. The summed E-state index contributed by atoms with van der Waals surface area (Å²) in [6.07, 6.45) is 2.87. The number of rotatable bonds is 9. The largest absolute Gasteiger partial charge is 0.493 e. The van der Waals surface area contributed by atoms with E-state index in [1.165, 1.54) is 15.6 Å². The van der Waals surface area contributed by atoms with Gasteiger partial charge in [-0.1, -0.05) is 18.2 Å². The molecule has 0 fully saturated rings. The summed E-state index contributed by atoms with van der Waals surface area (Å²) in [5.41, 5.74) is 3.21. The minimum absolute atomic E-state index is 0.0922. The lowest BCUT2D eigenvalue weighted by Gasteiger charge is -2.30. The van der Waals surface area contributed by atoms with Gasteiger partial charge in [0.15, 0.2) is 11.5 Å². The SMILES string of the molecule is COc1cc2c(cc1OC)C(=O)N(CCCN(C)CCc1csc3ccccc13)CC2. The molecule has 0 unspecified atom stereocenters. The molecule has 2 heterocycles. The fraction of sp³-hybridized carbons (Fsp3) is 0.400. The number of ether oxygens (including phenoxy) is 2. The average Bonchev–Trinajstić information content (AvgIpc) is 3.21. The fourth-order valence-corrected chi connectivity index (χ4v) is 5.25. The molecule has 4 rings (SSSR count). The van der Waals surface area contributed by atoms with Crippen molar-refractivity contribution in [3.05, 3.63) is 58.5 Å². The van der Waals surface area contributed by atoms with Crippen LogP contribution in [-0.2, 0) is 12.8 Å². The fourth-order valence-electron chi connectivity index (χ4n) is 4.25. The predicted molar refractivity (Wildman–Crippen MR) is 127 cm³/mol. The van der Waals surface area contributed by atoms with E-state index in [2.05, 4.69) is 41.6 Å². The number of fused-ring (bicyclic) bond motifs is 2. The topological polar surface area (TPSA) is 42.0 Å². The Morgan fingerprint density at radius 3 is 2.68 bits per heavy atom. The first-order chi connectivity index (χ1) is 15.1. The van der Waals surface area contributed by atoms with Crippen molar-refractivity contribution in [1.82, 2.24) is 9.80 Å². The molecule has 2 aromatic carbocycles. The Kier molecular flexibility index (Phi) is 6.78. The summed E-state index contributed by atoms with van der Waals surface area (Å²) in [6.45, 7) is 3.53. The van der Waals surface area contributed by atoms with Crippen LogP contribution in [0.1, 0.15) is 27.9 Å². The first kappa shape index (κ1) is 21.7. The van der Waals surface area contributed by atoms with Crippen LogP contribution in [0.5, 0.6) is 11.5 Å². The average molecular weight is 439 g/mol. The number of carbonyl (C=O) groups is 1. The third-order valence-electron chi connectivity index (χ3n) is 6.07. The number of thiophene rings is 1. The maximum Gasteiger partial charge on any atom is 0.254 e. The second-order valence-electron chi connectivity index (χ2n) is 8.07. The van der Waals surface area contributed by atoms with Crippen LogP contribution in [0.2, 0.25) is 0 Å². The van der Waals surface area contributed by atoms with E-state index < -0.39 is 0 Å². The number of amides is 1. The highest BCUT2D eigenvalue weighted by molar-refractivity contribution is 7.17. The van der Waals surface area contributed by atoms with Crippen LogP contribution >= 0.6 is 11.3 Å². The van der Waals surface area contributed by atoms with Crippen molar-refractivity contribution in [2.45, 2.75) is 19.3 Å². The van der Waals surface area contributed by atoms with Gasteiger partial charge in [0.2, 0.25) is 0 Å². The molecule has 1 amide bonds. The summed E-state index contributed by atoms with van der Waals surface area (Å²) in [5, 5.41) is 3.66. The summed E-state index contributed by atoms with van der Waals surface area (Å²) < 4.78 is 12.1. The second-order valence-corrected chi connectivity index (χ2v) is 8.98. The van der Waals surface area contributed by atoms with Crippen LogP contribution in [0.15, 0.2) is 41.8 Å². The maximum absolute atomic E-state index is 13.0. The number of likely N-dealkylation sites (N-methyl/N-ethyl adjacent to an activating group) is 1. The van der Waals surface area contributed by atoms with Gasteiger partial charge in [0.05, 0.1) is 14.2 Å². The van der Waals surface area contributed by atoms with Crippen LogP contribution in [0.4, 0.5) is 0 Å². The zero-order chi connectivity index (χ0) is 21.8. The standard InChI is InChI=1S/C25H30N2O3S/c1-26(13-9-19-17-31-24-8-5-4-7-20(19)24)11-6-12-27-14-10-18-15-22(29-2)23(30-3)16-21(18)25(27)28/h4-5,7-8,15-17H,6,9-14H2,1-3H3. The lowest BCUT2D eigenvalue weighted by atomic mass is 9.98. The molecule has 0 radical (unpaired) electrons. The molecule has 5 nitrogen and oxygen atoms in total. The molecule has 0 aliphatic carbocycles. The molecule has 0 saturated heterocycles. The summed E-state index contributed by atoms with van der Waals surface area (Å²) in [4.78, 5) is 17.3. The molecule has 0 saturated carbocycles. The maximum atomic E-state index is 13.0. The van der Waals surface area contributed by atoms with Crippen molar-refractivity contribution >= 4 is 27.3 Å². The normalized spacial score (nSPS) is 13.7. The minimum atomic E-state index is 0.0922. The first-order valence-electron chi connectivity index (χ1n) is 10.8. The van der Waals surface area contributed by atoms with E-state index >= 15 is 0 Å². The quantitative estimate of drug-likeness (QED) is 0.494. The van der Waals surface area contributed by atoms with E-state index in [9.17, 15) is 4.79 Å². The molecule has 1 aliphatic rings. The molecular formula is C25H30N2O3S. The molecule has 0 atom stereocenters. The lowest BCUT2D eigenvalue weighted by molar-refractivity contribution is 0.0732. The molecule has 164 valence electrons. The molecular weight excluding hydrogens is 408 g/mol. The van der Waals surface area contributed by atoms with Gasteiger partial charge in [-0.15, -0.1) is 11.3 Å². The van der Waals surface area contributed by atoms with Crippen molar-refractivity contribution in [1.29, 1.82) is 0 Å². The van der Waals surface area contributed by atoms with Gasteiger partial charge in [0, 0.05) is 29.9 Å². The molecule has 0 bridgehead atoms. The summed E-state index contributed by atoms with van der Waals surface area (Å²) in [5.74, 6) is 1.38. The van der Waals surface area contributed by atoms with E-state index in [1.807, 2.05) is 28.4 Å². The summed E-state index contributed by atoms with van der Waals surface area (Å²) >= 11 is 1.82. The van der Waals surface area contributed by atoms with E-state index in [4.69, 9.17) is 9.47 Å². The van der Waals surface area contributed by atoms with Gasteiger partial charge in [-0.2, -0.15) is 0 Å². The molecule has 3 aromatic rings. The van der Waals surface area contributed by atoms with Gasteiger partial charge >= 0.3 is 0 Å². The highest BCUT2D eigenvalue weighted by atomic mass is 32.1. The zero-order valence-corrected chi connectivity index (χ0v) is 19.3. The van der Waals surface area contributed by atoms with Gasteiger partial charge in [0.1, 0.15) is 0 Å². The van der Waals surface area contributed by atoms with Gasteiger partial charge < -0.3 is 19.3 Å². The van der Waals surface area contributed by atoms with E-state index in [-0.39, 0.29) is 5.91 Å². The van der Waals surface area contributed by atoms with E-state index in [0.717, 1.165) is 56.6 Å². The molecule has 6 heteroatoms. The smallest absolute Gasteiger partial charge is 0.254 e. The summed E-state index contributed by atoms with van der Waals surface area (Å²) in [7, 11) is 5.39. The Morgan fingerprint density at radius 1 is 1.10 bits per heavy atom. The lowest BCUT2D eigenvalue weighted by Crippen LogP contribution is -2.39. The van der Waals surface area contributed by atoms with Crippen LogP contribution in [-0.4, -0.2) is 63.2 Å². The Morgan fingerprint density at radius 2 is 1.87 bits per heavy atom. The monoisotopic (exact) mass is 438 g/mol. The Balaban J connectivity index is 1.28. The Labute approximate surface area is 188 Å². The number of carbonyl (C=O) groups excluding carboxylic acids is 1. The van der Waals surface area contributed by atoms with Crippen LogP contribution in [0, 0.1) is 0 Å². The van der Waals surface area contributed by atoms with Gasteiger partial charge in [-0.3, -0.25) is 4.79 Å². The third-order valence-corrected chi connectivity index (χ3v) is 7.08. The van der Waals surface area contributed by atoms with Crippen LogP contribution in [0.25, 0.3) is 10.1 Å². The predicted octanol–water partition coefficient (Wildman–Crippen LogP) is 4.48. The van der Waals surface area contributed by atoms with Crippen molar-refractivity contribution in [2.24, 2.45) is 0 Å². The Bertz CT molecular complexity index is 1060. The van der Waals surface area contributed by atoms with Crippen molar-refractivity contribution in [3.63, 3.8) is 0 Å². The van der Waals surface area contributed by atoms with E-state index in [0.29, 0.717) is 11.5 Å². The minimum Gasteiger partial charge on any atom is -0.493 e. The second kappa shape index (κ2) is 9.71. The van der Waals surface area contributed by atoms with Crippen molar-refractivity contribution in [3.8, 4) is 11.5 Å². The van der Waals surface area contributed by atoms with Crippen LogP contribution < -0.4 is 9.47 Å². The molecule has 0 spiro atoms. The number of hydrogen-bond acceptors (Lipinski definition) is 5. The third kappa shape index (κ3) is 4.70. The van der Waals surface area contributed by atoms with Gasteiger partial charge in [-0.25, -0.2) is 0 Å². The summed E-state index contributed by atoms with van der Waals surface area (Å²) in [6, 6.07) is 12.4. The number of benzene rings is 2. The highest BCUT2D eigenvalue weighted by Gasteiger charge is 2.26. The molecule has 31 heavy (non-hydrogen) atoms. The zero-order valence-electron chi connectivity index (χ0n) is 18.5. The van der Waals surface area contributed by atoms with E-state index in [1.54, 1.807) is 14.2 Å². The number of methoxy groups -OCH3 is 2. The van der Waals surface area contributed by atoms with Gasteiger partial charge in [-0.05, 0) is 72.9 Å². The molecule has 0 N–H and O–H groups in total. The van der Waals surface area contributed by atoms with Crippen molar-refractivity contribution in [2.75, 3.05) is 47.4 Å². The number of nitrogens with zero attached hydrogens (tertiary/aromatic N) is 2. The number of hydrogen-bond donors (Lipinski definition) is 0. The van der Waals surface area contributed by atoms with Gasteiger partial charge in [0.25, 0.3) is 5.91 Å². The molecule has 1 aliphatic heterocycles. The van der Waals surface area contributed by atoms with Crippen molar-refractivity contribution < 1.29 is 14.3 Å². The first-order valence-corrected chi connectivity index (χ1v) is 11.7. The molecule has 1 aromatic heterocycles.